The molecule has 3 nitrogen and oxygen atoms in total. The Hall–Kier alpha value is -0.870. The molecule has 3 heterocycles. The summed E-state index contributed by atoms with van der Waals surface area (Å²) in [6, 6.07) is 7.18. The number of imidazole rings is 1. The molecule has 2 aliphatic rings. The monoisotopic (exact) mass is 319 g/mol. The molecule has 0 N–H and O–H groups in total. The van der Waals surface area contributed by atoms with Gasteiger partial charge in [0.15, 0.2) is 0 Å². The molecule has 1 aromatic carbocycles. The first-order valence-electron chi connectivity index (χ1n) is 7.20. The zero-order valence-electron chi connectivity index (χ0n) is 11.0. The molecule has 4 rings (SSSR count). The SMILES string of the molecule is Brc1ccc2c(c1)nc1n2CCCN2CCCC2C1. The van der Waals surface area contributed by atoms with E-state index in [1.165, 1.54) is 43.7 Å². The van der Waals surface area contributed by atoms with E-state index in [9.17, 15) is 0 Å². The van der Waals surface area contributed by atoms with Gasteiger partial charge in [-0.1, -0.05) is 15.9 Å². The van der Waals surface area contributed by atoms with Crippen LogP contribution in [0.2, 0.25) is 0 Å². The molecule has 0 bridgehead atoms. The summed E-state index contributed by atoms with van der Waals surface area (Å²) in [7, 11) is 0. The molecule has 1 fully saturated rings. The summed E-state index contributed by atoms with van der Waals surface area (Å²) < 4.78 is 3.56. The van der Waals surface area contributed by atoms with E-state index in [1.807, 2.05) is 0 Å². The predicted molar refractivity (Wildman–Crippen MR) is 80.3 cm³/mol. The van der Waals surface area contributed by atoms with Gasteiger partial charge in [-0.15, -0.1) is 0 Å². The summed E-state index contributed by atoms with van der Waals surface area (Å²) in [4.78, 5) is 7.55. The zero-order valence-corrected chi connectivity index (χ0v) is 12.6. The van der Waals surface area contributed by atoms with E-state index in [4.69, 9.17) is 4.98 Å². The van der Waals surface area contributed by atoms with Gasteiger partial charge < -0.3 is 4.57 Å². The molecule has 0 saturated carbocycles. The number of hydrogen-bond donors (Lipinski definition) is 0. The van der Waals surface area contributed by atoms with Crippen molar-refractivity contribution in [2.75, 3.05) is 13.1 Å². The topological polar surface area (TPSA) is 21.1 Å². The normalized spacial score (nSPS) is 23.9. The molecule has 19 heavy (non-hydrogen) atoms. The molecule has 2 aliphatic heterocycles. The van der Waals surface area contributed by atoms with Gasteiger partial charge in [-0.3, -0.25) is 4.90 Å². The van der Waals surface area contributed by atoms with Crippen LogP contribution < -0.4 is 0 Å². The quantitative estimate of drug-likeness (QED) is 0.743. The van der Waals surface area contributed by atoms with Crippen molar-refractivity contribution in [1.29, 1.82) is 0 Å². The van der Waals surface area contributed by atoms with Crippen LogP contribution in [-0.2, 0) is 13.0 Å². The number of hydrogen-bond acceptors (Lipinski definition) is 2. The van der Waals surface area contributed by atoms with Gasteiger partial charge in [-0.2, -0.15) is 0 Å². The number of fused-ring (bicyclic) bond motifs is 4. The Morgan fingerprint density at radius 3 is 3.00 bits per heavy atom. The van der Waals surface area contributed by atoms with Crippen LogP contribution in [0.4, 0.5) is 0 Å². The van der Waals surface area contributed by atoms with Crippen LogP contribution in [0.15, 0.2) is 22.7 Å². The number of halogens is 1. The smallest absolute Gasteiger partial charge is 0.111 e. The fraction of sp³-hybridized carbons (Fsp3) is 0.533. The Balaban J connectivity index is 1.80. The minimum atomic E-state index is 0.722. The first-order valence-corrected chi connectivity index (χ1v) is 7.99. The molecule has 0 spiro atoms. The Kier molecular flexibility index (Phi) is 2.88. The Morgan fingerprint density at radius 1 is 1.16 bits per heavy atom. The van der Waals surface area contributed by atoms with Crippen LogP contribution in [0.25, 0.3) is 11.0 Å². The van der Waals surface area contributed by atoms with Crippen molar-refractivity contribution in [3.8, 4) is 0 Å². The third kappa shape index (κ3) is 2.01. The van der Waals surface area contributed by atoms with Gasteiger partial charge in [0.25, 0.3) is 0 Å². The van der Waals surface area contributed by atoms with Crippen molar-refractivity contribution >= 4 is 27.0 Å². The van der Waals surface area contributed by atoms with Crippen LogP contribution in [0.5, 0.6) is 0 Å². The van der Waals surface area contributed by atoms with Gasteiger partial charge in [-0.05, 0) is 44.0 Å². The number of aromatic nitrogens is 2. The second-order valence-corrected chi connectivity index (χ2v) is 6.62. The van der Waals surface area contributed by atoms with Crippen molar-refractivity contribution in [3.63, 3.8) is 0 Å². The molecule has 2 aromatic rings. The molecule has 0 amide bonds. The maximum absolute atomic E-state index is 4.88. The highest BCUT2D eigenvalue weighted by atomic mass is 79.9. The number of benzene rings is 1. The highest BCUT2D eigenvalue weighted by Crippen LogP contribution is 2.27. The van der Waals surface area contributed by atoms with E-state index in [-0.39, 0.29) is 0 Å². The van der Waals surface area contributed by atoms with Gasteiger partial charge in [0.05, 0.1) is 11.0 Å². The lowest BCUT2D eigenvalue weighted by Gasteiger charge is -2.27. The minimum absolute atomic E-state index is 0.722. The van der Waals surface area contributed by atoms with Gasteiger partial charge in [0.1, 0.15) is 5.82 Å². The molecule has 0 aliphatic carbocycles. The lowest BCUT2D eigenvalue weighted by molar-refractivity contribution is 0.231. The lowest BCUT2D eigenvalue weighted by Crippen LogP contribution is -2.35. The van der Waals surface area contributed by atoms with E-state index in [1.54, 1.807) is 0 Å². The average Bonchev–Trinajstić information content (AvgIpc) is 2.92. The Labute approximate surface area is 121 Å². The molecule has 1 saturated heterocycles. The van der Waals surface area contributed by atoms with Crippen molar-refractivity contribution in [2.24, 2.45) is 0 Å². The van der Waals surface area contributed by atoms with E-state index in [2.05, 4.69) is 43.6 Å². The standard InChI is InChI=1S/C15H18BrN3/c16-11-4-5-14-13(9-11)17-15-10-12-3-1-6-18(12)7-2-8-19(14)15/h4-5,9,12H,1-3,6-8,10H2. The van der Waals surface area contributed by atoms with Crippen LogP contribution >= 0.6 is 15.9 Å². The molecule has 100 valence electrons. The maximum atomic E-state index is 4.88. The molecule has 1 atom stereocenters. The zero-order chi connectivity index (χ0) is 12.8. The first-order chi connectivity index (χ1) is 9.31. The van der Waals surface area contributed by atoms with Gasteiger partial charge >= 0.3 is 0 Å². The summed E-state index contributed by atoms with van der Waals surface area (Å²) >= 11 is 3.54. The van der Waals surface area contributed by atoms with Crippen LogP contribution in [0.1, 0.15) is 25.1 Å². The van der Waals surface area contributed by atoms with Crippen LogP contribution in [0.3, 0.4) is 0 Å². The van der Waals surface area contributed by atoms with Gasteiger partial charge in [0.2, 0.25) is 0 Å². The Bertz CT molecular complexity index is 619. The maximum Gasteiger partial charge on any atom is 0.111 e. The fourth-order valence-electron chi connectivity index (χ4n) is 3.62. The van der Waals surface area contributed by atoms with E-state index >= 15 is 0 Å². The largest absolute Gasteiger partial charge is 0.328 e. The highest BCUT2D eigenvalue weighted by molar-refractivity contribution is 9.10. The van der Waals surface area contributed by atoms with Crippen molar-refractivity contribution in [2.45, 2.75) is 38.3 Å². The summed E-state index contributed by atoms with van der Waals surface area (Å²) in [6.07, 6.45) is 5.06. The van der Waals surface area contributed by atoms with Crippen LogP contribution in [0, 0.1) is 0 Å². The summed E-state index contributed by atoms with van der Waals surface area (Å²) in [6.45, 7) is 3.65. The van der Waals surface area contributed by atoms with E-state index < -0.39 is 0 Å². The van der Waals surface area contributed by atoms with Gasteiger partial charge in [0, 0.05) is 30.0 Å². The molecule has 4 heteroatoms. The lowest BCUT2D eigenvalue weighted by atomic mass is 10.1. The van der Waals surface area contributed by atoms with Crippen molar-refractivity contribution < 1.29 is 0 Å². The minimum Gasteiger partial charge on any atom is -0.328 e. The second-order valence-electron chi connectivity index (χ2n) is 5.70. The highest BCUT2D eigenvalue weighted by Gasteiger charge is 2.28. The number of nitrogens with zero attached hydrogens (tertiary/aromatic N) is 3. The molecule has 1 unspecified atom stereocenters. The average molecular weight is 320 g/mol. The first kappa shape index (κ1) is 11.9. The van der Waals surface area contributed by atoms with Gasteiger partial charge in [-0.25, -0.2) is 4.98 Å². The summed E-state index contributed by atoms with van der Waals surface area (Å²) in [5, 5.41) is 0. The molecule has 0 radical (unpaired) electrons. The number of aryl methyl sites for hydroxylation is 1. The second kappa shape index (κ2) is 4.60. The third-order valence-corrected chi connectivity index (χ3v) is 5.03. The van der Waals surface area contributed by atoms with E-state index in [0.29, 0.717) is 0 Å². The van der Waals surface area contributed by atoms with Crippen molar-refractivity contribution in [3.05, 3.63) is 28.5 Å². The Morgan fingerprint density at radius 2 is 2.05 bits per heavy atom. The molecular formula is C15H18BrN3. The third-order valence-electron chi connectivity index (χ3n) is 4.53. The molecule has 1 aromatic heterocycles. The number of rotatable bonds is 0. The molecular weight excluding hydrogens is 302 g/mol. The van der Waals surface area contributed by atoms with Crippen molar-refractivity contribution in [1.82, 2.24) is 14.5 Å². The summed E-state index contributed by atoms with van der Waals surface area (Å²) in [5.74, 6) is 1.28. The fourth-order valence-corrected chi connectivity index (χ4v) is 3.97. The van der Waals surface area contributed by atoms with Crippen LogP contribution in [-0.4, -0.2) is 33.6 Å². The van der Waals surface area contributed by atoms with E-state index in [0.717, 1.165) is 29.0 Å². The summed E-state index contributed by atoms with van der Waals surface area (Å²) in [5.41, 5.74) is 2.43. The predicted octanol–water partition coefficient (Wildman–Crippen LogP) is 3.21.